The summed E-state index contributed by atoms with van der Waals surface area (Å²) in [7, 11) is 0. The fraction of sp³-hybridized carbons (Fsp3) is 0.700. The van der Waals surface area contributed by atoms with Crippen molar-refractivity contribution in [3.63, 3.8) is 0 Å². The van der Waals surface area contributed by atoms with Gasteiger partial charge in [0.05, 0.1) is 5.92 Å². The van der Waals surface area contributed by atoms with E-state index in [1.165, 1.54) is 0 Å². The van der Waals surface area contributed by atoms with Gasteiger partial charge in [-0.25, -0.2) is 0 Å². The molecule has 0 heterocycles. The van der Waals surface area contributed by atoms with Gasteiger partial charge in [-0.2, -0.15) is 12.6 Å². The van der Waals surface area contributed by atoms with Crippen molar-refractivity contribution in [3.8, 4) is 0 Å². The fourth-order valence-corrected chi connectivity index (χ4v) is 1.40. The summed E-state index contributed by atoms with van der Waals surface area (Å²) >= 11 is 4.15. The molecule has 0 amide bonds. The van der Waals surface area contributed by atoms with Gasteiger partial charge in [0.1, 0.15) is 6.61 Å². The standard InChI is InChI=1S/C10H16O2S/c1-8(13)7-12-10(11)9-5-3-2-4-6-9/h2-3,8-9,13H,4-7H2,1H3/t8-,9?/m1/s1. The van der Waals surface area contributed by atoms with Crippen LogP contribution < -0.4 is 0 Å². The highest BCUT2D eigenvalue weighted by Crippen LogP contribution is 2.19. The summed E-state index contributed by atoms with van der Waals surface area (Å²) in [5, 5.41) is 0.128. The zero-order valence-corrected chi connectivity index (χ0v) is 8.80. The van der Waals surface area contributed by atoms with Crippen molar-refractivity contribution >= 4 is 18.6 Å². The van der Waals surface area contributed by atoms with Crippen molar-refractivity contribution in [2.24, 2.45) is 5.92 Å². The number of thiol groups is 1. The molecule has 1 aliphatic carbocycles. The molecular weight excluding hydrogens is 184 g/mol. The second-order valence-electron chi connectivity index (χ2n) is 3.46. The molecular formula is C10H16O2S. The third kappa shape index (κ3) is 3.85. The normalized spacial score (nSPS) is 24.0. The van der Waals surface area contributed by atoms with Gasteiger partial charge in [0.15, 0.2) is 0 Å². The number of rotatable bonds is 3. The maximum atomic E-state index is 11.4. The molecule has 0 spiro atoms. The Bertz CT molecular complexity index is 199. The summed E-state index contributed by atoms with van der Waals surface area (Å²) in [6, 6.07) is 0. The minimum absolute atomic E-state index is 0.0646. The number of hydrogen-bond donors (Lipinski definition) is 1. The average molecular weight is 200 g/mol. The molecule has 1 unspecified atom stereocenters. The quantitative estimate of drug-likeness (QED) is 0.429. The number of ether oxygens (including phenoxy) is 1. The van der Waals surface area contributed by atoms with E-state index in [4.69, 9.17) is 4.74 Å². The van der Waals surface area contributed by atoms with Crippen LogP contribution in [0.5, 0.6) is 0 Å². The van der Waals surface area contributed by atoms with Crippen molar-refractivity contribution in [1.29, 1.82) is 0 Å². The minimum atomic E-state index is -0.0646. The van der Waals surface area contributed by atoms with E-state index in [9.17, 15) is 4.79 Å². The summed E-state index contributed by atoms with van der Waals surface area (Å²) in [6.45, 7) is 2.33. The summed E-state index contributed by atoms with van der Waals surface area (Å²) in [4.78, 5) is 11.4. The molecule has 0 bridgehead atoms. The molecule has 2 atom stereocenters. The Kier molecular flexibility index (Phi) is 4.36. The van der Waals surface area contributed by atoms with Crippen LogP contribution in [-0.4, -0.2) is 17.8 Å². The van der Waals surface area contributed by atoms with E-state index in [2.05, 4.69) is 24.8 Å². The first kappa shape index (κ1) is 10.6. The third-order valence-corrected chi connectivity index (χ3v) is 2.22. The van der Waals surface area contributed by atoms with Gasteiger partial charge in [-0.3, -0.25) is 4.79 Å². The number of carbonyl (C=O) groups excluding carboxylic acids is 1. The van der Waals surface area contributed by atoms with Crippen molar-refractivity contribution < 1.29 is 9.53 Å². The Hall–Kier alpha value is -0.440. The molecule has 0 aromatic rings. The molecule has 0 radical (unpaired) electrons. The van der Waals surface area contributed by atoms with Crippen LogP contribution in [0.4, 0.5) is 0 Å². The van der Waals surface area contributed by atoms with Gasteiger partial charge in [-0.15, -0.1) is 0 Å². The van der Waals surface area contributed by atoms with E-state index >= 15 is 0 Å². The van der Waals surface area contributed by atoms with E-state index in [0.29, 0.717) is 6.61 Å². The highest BCUT2D eigenvalue weighted by atomic mass is 32.1. The maximum absolute atomic E-state index is 11.4. The lowest BCUT2D eigenvalue weighted by Crippen LogP contribution is -2.21. The van der Waals surface area contributed by atoms with Crippen LogP contribution in [0.3, 0.4) is 0 Å². The Labute approximate surface area is 84.8 Å². The molecule has 0 saturated carbocycles. The molecule has 1 rings (SSSR count). The fourth-order valence-electron chi connectivity index (χ4n) is 1.33. The van der Waals surface area contributed by atoms with Crippen LogP contribution in [0.2, 0.25) is 0 Å². The van der Waals surface area contributed by atoms with Gasteiger partial charge in [0.2, 0.25) is 0 Å². The second kappa shape index (κ2) is 5.32. The molecule has 1 aliphatic rings. The van der Waals surface area contributed by atoms with Gasteiger partial charge >= 0.3 is 5.97 Å². The highest BCUT2D eigenvalue weighted by Gasteiger charge is 2.20. The Morgan fingerprint density at radius 3 is 3.00 bits per heavy atom. The molecule has 3 heteroatoms. The zero-order chi connectivity index (χ0) is 9.68. The SMILES string of the molecule is C[C@@H](S)COC(=O)C1CC=CCC1. The van der Waals surface area contributed by atoms with Gasteiger partial charge in [0.25, 0.3) is 0 Å². The van der Waals surface area contributed by atoms with Crippen LogP contribution in [-0.2, 0) is 9.53 Å². The summed E-state index contributed by atoms with van der Waals surface area (Å²) in [6.07, 6.45) is 6.93. The summed E-state index contributed by atoms with van der Waals surface area (Å²) in [5.41, 5.74) is 0. The van der Waals surface area contributed by atoms with Crippen LogP contribution >= 0.6 is 12.6 Å². The molecule has 0 aromatic heterocycles. The van der Waals surface area contributed by atoms with E-state index in [1.807, 2.05) is 6.92 Å². The monoisotopic (exact) mass is 200 g/mol. The summed E-state index contributed by atoms with van der Waals surface area (Å²) < 4.78 is 5.09. The number of allylic oxidation sites excluding steroid dienone is 2. The molecule has 13 heavy (non-hydrogen) atoms. The van der Waals surface area contributed by atoms with Crippen molar-refractivity contribution in [2.75, 3.05) is 6.61 Å². The van der Waals surface area contributed by atoms with Crippen LogP contribution in [0, 0.1) is 5.92 Å². The first-order valence-corrected chi connectivity index (χ1v) is 5.21. The van der Waals surface area contributed by atoms with Crippen LogP contribution in [0.15, 0.2) is 12.2 Å². The predicted octanol–water partition coefficient (Wildman–Crippen LogP) is 2.20. The topological polar surface area (TPSA) is 26.3 Å². The van der Waals surface area contributed by atoms with E-state index in [1.54, 1.807) is 0 Å². The van der Waals surface area contributed by atoms with Crippen molar-refractivity contribution in [3.05, 3.63) is 12.2 Å². The summed E-state index contributed by atoms with van der Waals surface area (Å²) in [5.74, 6) is 0.0160. The minimum Gasteiger partial charge on any atom is -0.464 e. The van der Waals surface area contributed by atoms with E-state index < -0.39 is 0 Å². The molecule has 0 N–H and O–H groups in total. The lowest BCUT2D eigenvalue weighted by Gasteiger charge is -2.16. The maximum Gasteiger partial charge on any atom is 0.309 e. The van der Waals surface area contributed by atoms with E-state index in [0.717, 1.165) is 19.3 Å². The number of carbonyl (C=O) groups is 1. The van der Waals surface area contributed by atoms with E-state index in [-0.39, 0.29) is 17.1 Å². The lowest BCUT2D eigenvalue weighted by atomic mass is 9.95. The van der Waals surface area contributed by atoms with Gasteiger partial charge < -0.3 is 4.74 Å². The zero-order valence-electron chi connectivity index (χ0n) is 7.90. The molecule has 0 aromatic carbocycles. The number of esters is 1. The Morgan fingerprint density at radius 1 is 1.69 bits per heavy atom. The smallest absolute Gasteiger partial charge is 0.309 e. The van der Waals surface area contributed by atoms with Gasteiger partial charge in [-0.1, -0.05) is 19.1 Å². The molecule has 74 valence electrons. The average Bonchev–Trinajstić information content (AvgIpc) is 2.15. The van der Waals surface area contributed by atoms with Crippen LogP contribution in [0.1, 0.15) is 26.2 Å². The van der Waals surface area contributed by atoms with Gasteiger partial charge in [0, 0.05) is 5.25 Å². The first-order valence-electron chi connectivity index (χ1n) is 4.70. The molecule has 0 fully saturated rings. The molecule has 0 aliphatic heterocycles. The molecule has 0 saturated heterocycles. The van der Waals surface area contributed by atoms with Crippen molar-refractivity contribution in [2.45, 2.75) is 31.4 Å². The predicted molar refractivity (Wildman–Crippen MR) is 55.9 cm³/mol. The van der Waals surface area contributed by atoms with Crippen LogP contribution in [0.25, 0.3) is 0 Å². The number of hydrogen-bond acceptors (Lipinski definition) is 3. The lowest BCUT2D eigenvalue weighted by molar-refractivity contribution is -0.148. The third-order valence-electron chi connectivity index (χ3n) is 2.07. The second-order valence-corrected chi connectivity index (χ2v) is 4.34. The Balaban J connectivity index is 2.26. The van der Waals surface area contributed by atoms with Gasteiger partial charge in [-0.05, 0) is 19.3 Å². The highest BCUT2D eigenvalue weighted by molar-refractivity contribution is 7.80. The Morgan fingerprint density at radius 2 is 2.46 bits per heavy atom. The first-order chi connectivity index (χ1) is 6.20. The van der Waals surface area contributed by atoms with Crippen molar-refractivity contribution in [1.82, 2.24) is 0 Å². The largest absolute Gasteiger partial charge is 0.464 e. The molecule has 2 nitrogen and oxygen atoms in total.